The molecule has 1 aliphatic carbocycles. The van der Waals surface area contributed by atoms with Crippen LogP contribution in [0, 0.1) is 0 Å². The van der Waals surface area contributed by atoms with E-state index in [-0.39, 0.29) is 17.7 Å². The second-order valence-electron chi connectivity index (χ2n) is 4.86. The quantitative estimate of drug-likeness (QED) is 0.799. The van der Waals surface area contributed by atoms with Crippen LogP contribution in [0.2, 0.25) is 0 Å². The van der Waals surface area contributed by atoms with Crippen LogP contribution < -0.4 is 5.32 Å². The number of β-amino-alcohol motifs (C(OH)–C–C–N with tert-alkyl or cyclic N) is 1. The van der Waals surface area contributed by atoms with E-state index < -0.39 is 0 Å². The van der Waals surface area contributed by atoms with Crippen LogP contribution in [0.3, 0.4) is 0 Å². The van der Waals surface area contributed by atoms with E-state index in [2.05, 4.69) is 15.5 Å². The van der Waals surface area contributed by atoms with E-state index in [4.69, 9.17) is 9.26 Å². The monoisotopic (exact) mass is 239 g/mol. The Bertz CT molecular complexity index is 397. The number of nitrogens with one attached hydrogen (secondary N) is 1. The van der Waals surface area contributed by atoms with E-state index in [1.54, 1.807) is 7.11 Å². The van der Waals surface area contributed by atoms with E-state index >= 15 is 0 Å². The van der Waals surface area contributed by atoms with Crippen LogP contribution in [-0.2, 0) is 10.3 Å². The molecular formula is C11H17N3O3. The molecule has 2 N–H and O–H groups in total. The normalized spacial score (nSPS) is 31.4. The third kappa shape index (κ3) is 1.76. The molecule has 0 radical (unpaired) electrons. The largest absolute Gasteiger partial charge is 0.392 e. The van der Waals surface area contributed by atoms with E-state index in [9.17, 15) is 5.11 Å². The third-order valence-electron chi connectivity index (χ3n) is 3.81. The highest BCUT2D eigenvalue weighted by Gasteiger charge is 2.44. The van der Waals surface area contributed by atoms with Crippen molar-refractivity contribution in [2.24, 2.45) is 0 Å². The molecule has 6 heteroatoms. The topological polar surface area (TPSA) is 80.4 Å². The molecule has 0 amide bonds. The molecule has 2 unspecified atom stereocenters. The minimum absolute atomic E-state index is 0.0276. The van der Waals surface area contributed by atoms with Gasteiger partial charge < -0.3 is 19.7 Å². The van der Waals surface area contributed by atoms with Crippen molar-refractivity contribution in [1.82, 2.24) is 15.5 Å². The van der Waals surface area contributed by atoms with Gasteiger partial charge in [-0.05, 0) is 25.7 Å². The first kappa shape index (κ1) is 11.1. The van der Waals surface area contributed by atoms with Crippen LogP contribution in [0.4, 0.5) is 0 Å². The smallest absolute Gasteiger partial charge is 0.243 e. The Morgan fingerprint density at radius 1 is 1.53 bits per heavy atom. The van der Waals surface area contributed by atoms with Gasteiger partial charge >= 0.3 is 0 Å². The van der Waals surface area contributed by atoms with Gasteiger partial charge in [0.25, 0.3) is 0 Å². The molecule has 0 aromatic carbocycles. The second kappa shape index (κ2) is 4.04. The van der Waals surface area contributed by atoms with Crippen molar-refractivity contribution in [3.05, 3.63) is 11.7 Å². The molecule has 1 saturated carbocycles. The molecule has 0 spiro atoms. The van der Waals surface area contributed by atoms with Crippen molar-refractivity contribution in [1.29, 1.82) is 0 Å². The Kier molecular flexibility index (Phi) is 2.65. The molecule has 1 saturated heterocycles. The first-order chi connectivity index (χ1) is 8.23. The Hall–Kier alpha value is -0.980. The van der Waals surface area contributed by atoms with Crippen LogP contribution in [-0.4, -0.2) is 35.0 Å². The van der Waals surface area contributed by atoms with Crippen molar-refractivity contribution in [2.75, 3.05) is 13.7 Å². The molecule has 94 valence electrons. The summed E-state index contributed by atoms with van der Waals surface area (Å²) in [6.45, 7) is 0.581. The minimum Gasteiger partial charge on any atom is -0.392 e. The maximum atomic E-state index is 9.45. The number of nitrogens with zero attached hydrogens (tertiary/aromatic N) is 2. The molecule has 2 fully saturated rings. The van der Waals surface area contributed by atoms with Gasteiger partial charge in [-0.3, -0.25) is 0 Å². The maximum Gasteiger partial charge on any atom is 0.243 e. The Morgan fingerprint density at radius 2 is 2.35 bits per heavy atom. The van der Waals surface area contributed by atoms with Crippen LogP contribution in [0.5, 0.6) is 0 Å². The zero-order chi connectivity index (χ0) is 11.9. The number of methoxy groups -OCH3 is 1. The molecule has 1 aromatic rings. The van der Waals surface area contributed by atoms with Crippen LogP contribution in [0.25, 0.3) is 0 Å². The first-order valence-corrected chi connectivity index (χ1v) is 6.04. The lowest BCUT2D eigenvalue weighted by molar-refractivity contribution is -0.0858. The Labute approximate surface area is 99.3 Å². The van der Waals surface area contributed by atoms with Crippen molar-refractivity contribution in [3.8, 4) is 0 Å². The predicted octanol–water partition coefficient (Wildman–Crippen LogP) is 0.490. The maximum absolute atomic E-state index is 9.45. The van der Waals surface area contributed by atoms with Crippen molar-refractivity contribution >= 4 is 0 Å². The number of hydrogen-bond acceptors (Lipinski definition) is 6. The number of aliphatic hydroxyl groups excluding tert-OH is 1. The lowest BCUT2D eigenvalue weighted by Crippen LogP contribution is -2.37. The van der Waals surface area contributed by atoms with Crippen LogP contribution in [0.1, 0.15) is 43.4 Å². The highest BCUT2D eigenvalue weighted by atomic mass is 16.5. The lowest BCUT2D eigenvalue weighted by atomic mass is 9.79. The van der Waals surface area contributed by atoms with Gasteiger partial charge in [-0.1, -0.05) is 5.16 Å². The molecule has 2 aliphatic rings. The zero-order valence-corrected chi connectivity index (χ0v) is 9.85. The van der Waals surface area contributed by atoms with Gasteiger partial charge in [-0.15, -0.1) is 0 Å². The van der Waals surface area contributed by atoms with E-state index in [0.29, 0.717) is 24.7 Å². The predicted molar refractivity (Wildman–Crippen MR) is 58.2 cm³/mol. The number of hydrogen-bond donors (Lipinski definition) is 2. The molecule has 1 aromatic heterocycles. The molecule has 1 aliphatic heterocycles. The summed E-state index contributed by atoms with van der Waals surface area (Å²) in [6, 6.07) is -0.0276. The summed E-state index contributed by atoms with van der Waals surface area (Å²) in [5.74, 6) is 1.20. The number of ether oxygens (including phenoxy) is 1. The third-order valence-corrected chi connectivity index (χ3v) is 3.81. The fourth-order valence-corrected chi connectivity index (χ4v) is 2.48. The zero-order valence-electron chi connectivity index (χ0n) is 9.85. The average molecular weight is 239 g/mol. The van der Waals surface area contributed by atoms with Gasteiger partial charge in [0.15, 0.2) is 0 Å². The molecule has 2 atom stereocenters. The van der Waals surface area contributed by atoms with Crippen molar-refractivity contribution < 1.29 is 14.4 Å². The summed E-state index contributed by atoms with van der Waals surface area (Å²) in [7, 11) is 1.69. The first-order valence-electron chi connectivity index (χ1n) is 6.04. The van der Waals surface area contributed by atoms with E-state index in [0.717, 1.165) is 19.3 Å². The summed E-state index contributed by atoms with van der Waals surface area (Å²) < 4.78 is 10.8. The Morgan fingerprint density at radius 3 is 2.88 bits per heavy atom. The summed E-state index contributed by atoms with van der Waals surface area (Å²) in [4.78, 5) is 4.42. The van der Waals surface area contributed by atoms with Gasteiger partial charge in [-0.2, -0.15) is 4.98 Å². The summed E-state index contributed by atoms with van der Waals surface area (Å²) in [5.41, 5.74) is -0.334. The molecule has 3 rings (SSSR count). The fraction of sp³-hybridized carbons (Fsp3) is 0.818. The van der Waals surface area contributed by atoms with E-state index in [1.165, 1.54) is 0 Å². The highest BCUT2D eigenvalue weighted by molar-refractivity contribution is 5.08. The SMILES string of the molecule is COC1(c2noc(C3CC(O)CN3)n2)CCC1. The summed E-state index contributed by atoms with van der Waals surface area (Å²) in [5, 5.41) is 16.6. The fourth-order valence-electron chi connectivity index (χ4n) is 2.48. The van der Waals surface area contributed by atoms with Gasteiger partial charge in [-0.25, -0.2) is 0 Å². The van der Waals surface area contributed by atoms with Crippen LogP contribution in [0.15, 0.2) is 4.52 Å². The highest BCUT2D eigenvalue weighted by Crippen LogP contribution is 2.43. The van der Waals surface area contributed by atoms with Gasteiger partial charge in [0.2, 0.25) is 11.7 Å². The lowest BCUT2D eigenvalue weighted by Gasteiger charge is -2.37. The number of rotatable bonds is 3. The molecule has 0 bridgehead atoms. The van der Waals surface area contributed by atoms with Crippen molar-refractivity contribution in [2.45, 2.75) is 43.4 Å². The summed E-state index contributed by atoms with van der Waals surface area (Å²) in [6.07, 6.45) is 3.34. The average Bonchev–Trinajstić information content (AvgIpc) is 2.86. The minimum atomic E-state index is -0.334. The molecule has 6 nitrogen and oxygen atoms in total. The Balaban J connectivity index is 1.78. The van der Waals surface area contributed by atoms with Crippen molar-refractivity contribution in [3.63, 3.8) is 0 Å². The number of aliphatic hydroxyl groups is 1. The molecule has 2 heterocycles. The molecule has 17 heavy (non-hydrogen) atoms. The second-order valence-corrected chi connectivity index (χ2v) is 4.86. The van der Waals surface area contributed by atoms with Gasteiger partial charge in [0.05, 0.1) is 12.1 Å². The van der Waals surface area contributed by atoms with Gasteiger partial charge in [0, 0.05) is 13.7 Å². The standard InChI is InChI=1S/C11H17N3O3/c1-16-11(3-2-4-11)10-13-9(17-14-10)8-5-7(15)6-12-8/h7-8,12,15H,2-6H2,1H3. The summed E-state index contributed by atoms with van der Waals surface area (Å²) >= 11 is 0. The van der Waals surface area contributed by atoms with E-state index in [1.807, 2.05) is 0 Å². The van der Waals surface area contributed by atoms with Crippen LogP contribution >= 0.6 is 0 Å². The number of aromatic nitrogens is 2. The molecular weight excluding hydrogens is 222 g/mol. The van der Waals surface area contributed by atoms with Gasteiger partial charge in [0.1, 0.15) is 5.60 Å².